The van der Waals surface area contributed by atoms with Gasteiger partial charge in [-0.3, -0.25) is 9.36 Å². The first-order chi connectivity index (χ1) is 12.6. The molecule has 0 unspecified atom stereocenters. The Morgan fingerprint density at radius 1 is 1.23 bits per heavy atom. The van der Waals surface area contributed by atoms with Crippen molar-refractivity contribution in [2.45, 2.75) is 5.16 Å². The standard InChI is InChI=1S/C17H11Cl2N5OS/c18-12-2-1-3-14(6-12)24-10-21-23-17(24)26-9-16(25)22-15-7-13(19)5-4-11(15)8-20/h1-7,10H,9H2,(H,22,25). The molecule has 6 nitrogen and oxygen atoms in total. The Morgan fingerprint density at radius 2 is 2.04 bits per heavy atom. The second-order valence-electron chi connectivity index (χ2n) is 5.10. The Balaban J connectivity index is 1.69. The van der Waals surface area contributed by atoms with E-state index in [0.29, 0.717) is 26.5 Å². The summed E-state index contributed by atoms with van der Waals surface area (Å²) >= 11 is 13.1. The van der Waals surface area contributed by atoms with Crippen LogP contribution in [0.1, 0.15) is 5.56 Å². The molecule has 2 aromatic carbocycles. The predicted molar refractivity (Wildman–Crippen MR) is 102 cm³/mol. The number of hydrogen-bond acceptors (Lipinski definition) is 5. The first-order valence-corrected chi connectivity index (χ1v) is 9.09. The van der Waals surface area contributed by atoms with Crippen molar-refractivity contribution in [3.8, 4) is 11.8 Å². The molecule has 0 bridgehead atoms. The third kappa shape index (κ3) is 4.35. The van der Waals surface area contributed by atoms with Crippen molar-refractivity contribution >= 4 is 46.6 Å². The minimum Gasteiger partial charge on any atom is -0.324 e. The van der Waals surface area contributed by atoms with Gasteiger partial charge < -0.3 is 5.32 Å². The molecule has 0 spiro atoms. The second-order valence-corrected chi connectivity index (χ2v) is 6.92. The molecule has 1 aromatic heterocycles. The Hall–Kier alpha value is -2.53. The number of nitriles is 1. The highest BCUT2D eigenvalue weighted by Gasteiger charge is 2.12. The number of amides is 1. The predicted octanol–water partition coefficient (Wildman–Crippen LogP) is 4.18. The summed E-state index contributed by atoms with van der Waals surface area (Å²) in [5.74, 6) is -0.189. The average Bonchev–Trinajstić information content (AvgIpc) is 3.09. The maximum atomic E-state index is 12.2. The zero-order chi connectivity index (χ0) is 18.5. The van der Waals surface area contributed by atoms with Crippen LogP contribution in [0.4, 0.5) is 5.69 Å². The summed E-state index contributed by atoms with van der Waals surface area (Å²) in [5, 5.41) is 21.3. The molecular weight excluding hydrogens is 393 g/mol. The van der Waals surface area contributed by atoms with Crippen LogP contribution in [0.3, 0.4) is 0 Å². The SMILES string of the molecule is N#Cc1ccc(Cl)cc1NC(=O)CSc1nncn1-c1cccc(Cl)c1. The summed E-state index contributed by atoms with van der Waals surface area (Å²) in [6, 6.07) is 13.9. The summed E-state index contributed by atoms with van der Waals surface area (Å²) in [6.07, 6.45) is 1.55. The van der Waals surface area contributed by atoms with Gasteiger partial charge in [0.1, 0.15) is 12.4 Å². The fourth-order valence-electron chi connectivity index (χ4n) is 2.16. The maximum Gasteiger partial charge on any atom is 0.234 e. The molecule has 130 valence electrons. The van der Waals surface area contributed by atoms with Gasteiger partial charge in [0.2, 0.25) is 5.91 Å². The number of hydrogen-bond donors (Lipinski definition) is 1. The van der Waals surface area contributed by atoms with Crippen molar-refractivity contribution in [2.24, 2.45) is 0 Å². The van der Waals surface area contributed by atoms with E-state index < -0.39 is 0 Å². The molecule has 26 heavy (non-hydrogen) atoms. The molecule has 9 heteroatoms. The van der Waals surface area contributed by atoms with E-state index in [-0.39, 0.29) is 11.7 Å². The molecule has 0 aliphatic rings. The first kappa shape index (κ1) is 18.3. The van der Waals surface area contributed by atoms with Crippen molar-refractivity contribution in [1.29, 1.82) is 5.26 Å². The van der Waals surface area contributed by atoms with Gasteiger partial charge in [-0.05, 0) is 36.4 Å². The lowest BCUT2D eigenvalue weighted by Crippen LogP contribution is -2.15. The molecule has 3 aromatic rings. The second kappa shape index (κ2) is 8.23. The smallest absolute Gasteiger partial charge is 0.234 e. The first-order valence-electron chi connectivity index (χ1n) is 7.35. The van der Waals surface area contributed by atoms with Crippen LogP contribution in [0.15, 0.2) is 53.9 Å². The molecule has 0 radical (unpaired) electrons. The number of aromatic nitrogens is 3. The maximum absolute atomic E-state index is 12.2. The van der Waals surface area contributed by atoms with Gasteiger partial charge in [0.15, 0.2) is 5.16 Å². The van der Waals surface area contributed by atoms with Gasteiger partial charge in [-0.15, -0.1) is 10.2 Å². The van der Waals surface area contributed by atoms with E-state index in [1.807, 2.05) is 18.2 Å². The molecule has 0 aliphatic heterocycles. The highest BCUT2D eigenvalue weighted by Crippen LogP contribution is 2.23. The van der Waals surface area contributed by atoms with Crippen LogP contribution in [0.2, 0.25) is 10.0 Å². The van der Waals surface area contributed by atoms with Crippen LogP contribution < -0.4 is 5.32 Å². The van der Waals surface area contributed by atoms with Gasteiger partial charge in [0, 0.05) is 10.0 Å². The summed E-state index contributed by atoms with van der Waals surface area (Å²) in [4.78, 5) is 12.2. The van der Waals surface area contributed by atoms with Gasteiger partial charge in [-0.1, -0.05) is 41.0 Å². The molecule has 0 saturated heterocycles. The Bertz CT molecular complexity index is 999. The van der Waals surface area contributed by atoms with Crippen molar-refractivity contribution in [2.75, 3.05) is 11.1 Å². The summed E-state index contributed by atoms with van der Waals surface area (Å²) in [7, 11) is 0. The molecule has 0 fully saturated rings. The quantitative estimate of drug-likeness (QED) is 0.645. The number of anilines is 1. The van der Waals surface area contributed by atoms with E-state index in [4.69, 9.17) is 28.5 Å². The monoisotopic (exact) mass is 403 g/mol. The van der Waals surface area contributed by atoms with E-state index in [1.54, 1.807) is 35.2 Å². The van der Waals surface area contributed by atoms with Crippen molar-refractivity contribution in [1.82, 2.24) is 14.8 Å². The number of carbonyl (C=O) groups is 1. The fraction of sp³-hybridized carbons (Fsp3) is 0.0588. The number of rotatable bonds is 5. The van der Waals surface area contributed by atoms with E-state index in [0.717, 1.165) is 5.69 Å². The average molecular weight is 404 g/mol. The minimum absolute atomic E-state index is 0.0939. The third-order valence-corrected chi connectivity index (χ3v) is 4.72. The molecule has 1 amide bonds. The van der Waals surface area contributed by atoms with Crippen molar-refractivity contribution in [3.05, 3.63) is 64.4 Å². The van der Waals surface area contributed by atoms with E-state index in [9.17, 15) is 4.79 Å². The number of nitrogens with one attached hydrogen (secondary N) is 1. The largest absolute Gasteiger partial charge is 0.324 e. The lowest BCUT2D eigenvalue weighted by Gasteiger charge is -2.08. The minimum atomic E-state index is -0.283. The molecule has 1 N–H and O–H groups in total. The Labute approximate surface area is 163 Å². The van der Waals surface area contributed by atoms with Gasteiger partial charge in [-0.2, -0.15) is 5.26 Å². The summed E-state index contributed by atoms with van der Waals surface area (Å²) < 4.78 is 1.74. The zero-order valence-corrected chi connectivity index (χ0v) is 15.5. The van der Waals surface area contributed by atoms with Gasteiger partial charge in [0.05, 0.1) is 22.7 Å². The number of nitrogens with zero attached hydrogens (tertiary/aromatic N) is 4. The van der Waals surface area contributed by atoms with E-state index in [1.165, 1.54) is 17.8 Å². The number of benzene rings is 2. The van der Waals surface area contributed by atoms with Crippen LogP contribution in [0, 0.1) is 11.3 Å². The molecule has 0 atom stereocenters. The molecule has 1 heterocycles. The number of thioether (sulfide) groups is 1. The third-order valence-electron chi connectivity index (χ3n) is 3.31. The Morgan fingerprint density at radius 3 is 2.81 bits per heavy atom. The fourth-order valence-corrected chi connectivity index (χ4v) is 3.25. The highest BCUT2D eigenvalue weighted by atomic mass is 35.5. The highest BCUT2D eigenvalue weighted by molar-refractivity contribution is 7.99. The molecular formula is C17H11Cl2N5OS. The van der Waals surface area contributed by atoms with Crippen LogP contribution in [0.25, 0.3) is 5.69 Å². The van der Waals surface area contributed by atoms with Crippen LogP contribution in [-0.4, -0.2) is 26.4 Å². The van der Waals surface area contributed by atoms with Gasteiger partial charge in [0.25, 0.3) is 0 Å². The molecule has 0 saturated carbocycles. The Kier molecular flexibility index (Phi) is 5.78. The lowest BCUT2D eigenvalue weighted by molar-refractivity contribution is -0.113. The lowest BCUT2D eigenvalue weighted by atomic mass is 10.2. The molecule has 0 aliphatic carbocycles. The number of carbonyl (C=O) groups excluding carboxylic acids is 1. The van der Waals surface area contributed by atoms with Crippen LogP contribution >= 0.6 is 35.0 Å². The summed E-state index contributed by atoms with van der Waals surface area (Å²) in [6.45, 7) is 0. The van der Waals surface area contributed by atoms with Crippen molar-refractivity contribution < 1.29 is 4.79 Å². The normalized spacial score (nSPS) is 10.3. The van der Waals surface area contributed by atoms with Gasteiger partial charge >= 0.3 is 0 Å². The van der Waals surface area contributed by atoms with Crippen LogP contribution in [-0.2, 0) is 4.79 Å². The topological polar surface area (TPSA) is 83.6 Å². The summed E-state index contributed by atoms with van der Waals surface area (Å²) in [5.41, 5.74) is 1.52. The van der Waals surface area contributed by atoms with Gasteiger partial charge in [-0.25, -0.2) is 0 Å². The zero-order valence-electron chi connectivity index (χ0n) is 13.2. The molecule has 3 rings (SSSR count). The van der Waals surface area contributed by atoms with E-state index in [2.05, 4.69) is 15.5 Å². The van der Waals surface area contributed by atoms with E-state index >= 15 is 0 Å². The number of halogens is 2. The van der Waals surface area contributed by atoms with Crippen molar-refractivity contribution in [3.63, 3.8) is 0 Å². The van der Waals surface area contributed by atoms with Crippen LogP contribution in [0.5, 0.6) is 0 Å².